The molecule has 2 rings (SSSR count). The van der Waals surface area contributed by atoms with Crippen molar-refractivity contribution in [3.8, 4) is 0 Å². The fraction of sp³-hybridized carbons (Fsp3) is 0.294. The Hall–Kier alpha value is -2.15. The number of carbonyl (C=O) groups is 1. The number of benzene rings is 1. The van der Waals surface area contributed by atoms with E-state index in [1.165, 1.54) is 24.3 Å². The molecule has 3 nitrogen and oxygen atoms in total. The summed E-state index contributed by atoms with van der Waals surface area (Å²) in [5.74, 6) is -0.124. The van der Waals surface area contributed by atoms with Gasteiger partial charge in [-0.3, -0.25) is 9.59 Å². The Kier molecular flexibility index (Phi) is 4.85. The highest BCUT2D eigenvalue weighted by atomic mass is 32.1. The molecule has 24 heavy (non-hydrogen) atoms. The molecule has 0 atom stereocenters. The molecule has 1 aromatic heterocycles. The van der Waals surface area contributed by atoms with Crippen LogP contribution >= 0.6 is 11.3 Å². The van der Waals surface area contributed by atoms with E-state index in [9.17, 15) is 22.8 Å². The molecule has 0 amide bonds. The molecule has 7 heteroatoms. The summed E-state index contributed by atoms with van der Waals surface area (Å²) in [7, 11) is 0. The van der Waals surface area contributed by atoms with Crippen LogP contribution in [0.4, 0.5) is 13.2 Å². The predicted molar refractivity (Wildman–Crippen MR) is 88.1 cm³/mol. The number of nitrogens with one attached hydrogen (secondary N) is 1. The summed E-state index contributed by atoms with van der Waals surface area (Å²) in [5.41, 5.74) is -1.21. The molecule has 0 saturated heterocycles. The van der Waals surface area contributed by atoms with Crippen molar-refractivity contribution in [2.75, 3.05) is 0 Å². The number of H-pyrrole nitrogens is 1. The number of thiazole rings is 1. The molecule has 1 N–H and O–H groups in total. The van der Waals surface area contributed by atoms with Gasteiger partial charge in [0, 0.05) is 11.5 Å². The van der Waals surface area contributed by atoms with Crippen LogP contribution in [0, 0.1) is 5.41 Å². The lowest BCUT2D eigenvalue weighted by molar-refractivity contribution is -0.137. The van der Waals surface area contributed by atoms with Crippen molar-refractivity contribution in [1.82, 2.24) is 4.98 Å². The summed E-state index contributed by atoms with van der Waals surface area (Å²) in [6, 6.07) is 4.52. The van der Waals surface area contributed by atoms with Gasteiger partial charge >= 0.3 is 6.18 Å². The van der Waals surface area contributed by atoms with Gasteiger partial charge < -0.3 is 4.98 Å². The molecule has 0 fully saturated rings. The van der Waals surface area contributed by atoms with E-state index in [4.69, 9.17) is 0 Å². The van der Waals surface area contributed by atoms with Crippen LogP contribution in [0.3, 0.4) is 0 Å². The Balaban J connectivity index is 2.40. The van der Waals surface area contributed by atoms with Crippen LogP contribution in [0.1, 0.15) is 31.9 Å². The number of rotatable bonds is 2. The van der Waals surface area contributed by atoms with Crippen molar-refractivity contribution in [3.63, 3.8) is 0 Å². The predicted octanol–water partition coefficient (Wildman–Crippen LogP) is 2.68. The smallest absolute Gasteiger partial charge is 0.313 e. The van der Waals surface area contributed by atoms with Gasteiger partial charge in [-0.05, 0) is 23.8 Å². The third-order valence-corrected chi connectivity index (χ3v) is 4.18. The Morgan fingerprint density at radius 3 is 2.21 bits per heavy atom. The van der Waals surface area contributed by atoms with Gasteiger partial charge in [0.15, 0.2) is 5.78 Å². The second kappa shape index (κ2) is 6.39. The zero-order valence-corrected chi connectivity index (χ0v) is 14.1. The molecule has 1 aromatic carbocycles. The summed E-state index contributed by atoms with van der Waals surface area (Å²) >= 11 is 1.09. The number of aromatic nitrogens is 1. The molecule has 1 heterocycles. The number of alkyl halides is 3. The number of Topliss-reactive ketones (excluding diaryl/α,β-unsaturated/α-hetero) is 1. The van der Waals surface area contributed by atoms with E-state index in [1.54, 1.807) is 20.8 Å². The first-order chi connectivity index (χ1) is 11.0. The SMILES string of the molecule is CC(C)(C)C(=O)/C=c1\[nH]c(=O)/c(=C/c2ccc(C(F)(F)F)cc2)s1. The topological polar surface area (TPSA) is 49.9 Å². The molecule has 0 radical (unpaired) electrons. The van der Waals surface area contributed by atoms with Gasteiger partial charge in [-0.15, -0.1) is 11.3 Å². The zero-order valence-electron chi connectivity index (χ0n) is 13.3. The van der Waals surface area contributed by atoms with E-state index in [1.807, 2.05) is 0 Å². The van der Waals surface area contributed by atoms with Gasteiger partial charge in [0.25, 0.3) is 5.56 Å². The minimum Gasteiger partial charge on any atom is -0.313 e. The van der Waals surface area contributed by atoms with Crippen LogP contribution in [0.5, 0.6) is 0 Å². The summed E-state index contributed by atoms with van der Waals surface area (Å²) in [4.78, 5) is 26.4. The monoisotopic (exact) mass is 355 g/mol. The maximum Gasteiger partial charge on any atom is 0.416 e. The largest absolute Gasteiger partial charge is 0.416 e. The quantitative estimate of drug-likeness (QED) is 0.900. The molecule has 2 aromatic rings. The number of ketones is 1. The van der Waals surface area contributed by atoms with Gasteiger partial charge in [0.2, 0.25) is 0 Å². The molecule has 0 spiro atoms. The minimum atomic E-state index is -4.39. The van der Waals surface area contributed by atoms with Gasteiger partial charge in [-0.1, -0.05) is 32.9 Å². The Bertz CT molecular complexity index is 913. The first-order valence-electron chi connectivity index (χ1n) is 7.11. The molecule has 0 saturated carbocycles. The van der Waals surface area contributed by atoms with E-state index < -0.39 is 17.2 Å². The van der Waals surface area contributed by atoms with E-state index >= 15 is 0 Å². The van der Waals surface area contributed by atoms with E-state index in [0.29, 0.717) is 14.8 Å². The van der Waals surface area contributed by atoms with Crippen LogP contribution in [-0.2, 0) is 11.0 Å². The summed E-state index contributed by atoms with van der Waals surface area (Å²) in [6.07, 6.45) is -1.53. The fourth-order valence-corrected chi connectivity index (χ4v) is 2.67. The molecule has 0 aliphatic carbocycles. The maximum absolute atomic E-state index is 12.5. The molecule has 0 unspecified atom stereocenters. The molecule has 0 aliphatic heterocycles. The number of carbonyl (C=O) groups excluding carboxylic acids is 1. The van der Waals surface area contributed by atoms with Crippen molar-refractivity contribution in [2.24, 2.45) is 5.41 Å². The lowest BCUT2D eigenvalue weighted by Crippen LogP contribution is -2.22. The van der Waals surface area contributed by atoms with Crippen molar-refractivity contribution in [2.45, 2.75) is 26.9 Å². The first kappa shape index (κ1) is 18.2. The second-order valence-corrected chi connectivity index (χ2v) is 7.39. The molecule has 128 valence electrons. The van der Waals surface area contributed by atoms with Crippen molar-refractivity contribution in [3.05, 3.63) is 54.9 Å². The van der Waals surface area contributed by atoms with E-state index in [-0.39, 0.29) is 11.3 Å². The highest BCUT2D eigenvalue weighted by Gasteiger charge is 2.29. The standard InChI is InChI=1S/C17H16F3NO2S/c1-16(2,3)13(22)9-14-21-15(23)12(24-14)8-10-4-6-11(7-5-10)17(18,19)20/h4-9H,1-3H3,(H,21,23)/b12-8-,14-9+. The van der Waals surface area contributed by atoms with Crippen LogP contribution in [0.15, 0.2) is 29.1 Å². The molecule has 0 bridgehead atoms. The number of hydrogen-bond acceptors (Lipinski definition) is 3. The number of halogens is 3. The normalized spacial score (nSPS) is 14.2. The Morgan fingerprint density at radius 2 is 1.71 bits per heavy atom. The summed E-state index contributed by atoms with van der Waals surface area (Å²) < 4.78 is 38.3. The van der Waals surface area contributed by atoms with E-state index in [2.05, 4.69) is 4.98 Å². The summed E-state index contributed by atoms with van der Waals surface area (Å²) in [6.45, 7) is 5.31. The Morgan fingerprint density at radius 1 is 1.12 bits per heavy atom. The van der Waals surface area contributed by atoms with Gasteiger partial charge in [0.1, 0.15) is 0 Å². The van der Waals surface area contributed by atoms with Crippen molar-refractivity contribution >= 4 is 29.3 Å². The average Bonchev–Trinajstić information content (AvgIpc) is 2.77. The van der Waals surface area contributed by atoms with Gasteiger partial charge in [-0.25, -0.2) is 0 Å². The molecular formula is C17H16F3NO2S. The highest BCUT2D eigenvalue weighted by Crippen LogP contribution is 2.29. The van der Waals surface area contributed by atoms with Crippen LogP contribution in [0.2, 0.25) is 0 Å². The minimum absolute atomic E-state index is 0.124. The van der Waals surface area contributed by atoms with Crippen LogP contribution < -0.4 is 14.8 Å². The number of hydrogen-bond donors (Lipinski definition) is 1. The fourth-order valence-electron chi connectivity index (χ4n) is 1.78. The summed E-state index contributed by atoms with van der Waals surface area (Å²) in [5, 5.41) is 0. The van der Waals surface area contributed by atoms with Crippen LogP contribution in [0.25, 0.3) is 12.2 Å². The molecule has 0 aliphatic rings. The highest BCUT2D eigenvalue weighted by molar-refractivity contribution is 7.07. The molecular weight excluding hydrogens is 339 g/mol. The van der Waals surface area contributed by atoms with Gasteiger partial charge in [-0.2, -0.15) is 13.2 Å². The van der Waals surface area contributed by atoms with Crippen molar-refractivity contribution < 1.29 is 18.0 Å². The third-order valence-electron chi connectivity index (χ3n) is 3.22. The van der Waals surface area contributed by atoms with Gasteiger partial charge in [0.05, 0.1) is 14.8 Å². The maximum atomic E-state index is 12.5. The first-order valence-corrected chi connectivity index (χ1v) is 7.93. The third kappa shape index (κ3) is 4.44. The second-order valence-electron chi connectivity index (χ2n) is 6.31. The van der Waals surface area contributed by atoms with Crippen LogP contribution in [-0.4, -0.2) is 10.8 Å². The number of aromatic amines is 1. The van der Waals surface area contributed by atoms with E-state index in [0.717, 1.165) is 23.5 Å². The zero-order chi connectivity index (χ0) is 18.1. The Labute approximate surface area is 140 Å². The lowest BCUT2D eigenvalue weighted by atomic mass is 9.91. The lowest BCUT2D eigenvalue weighted by Gasteiger charge is -2.12. The van der Waals surface area contributed by atoms with Crippen molar-refractivity contribution in [1.29, 1.82) is 0 Å². The average molecular weight is 355 g/mol.